The fourth-order valence-corrected chi connectivity index (χ4v) is 3.51. The highest BCUT2D eigenvalue weighted by atomic mass is 16.3. The van der Waals surface area contributed by atoms with E-state index in [1.165, 1.54) is 27.8 Å². The lowest BCUT2D eigenvalue weighted by Crippen LogP contribution is -1.78. The van der Waals surface area contributed by atoms with Crippen molar-refractivity contribution in [3.05, 3.63) is 96.6 Å². The summed E-state index contributed by atoms with van der Waals surface area (Å²) in [5, 5.41) is 2.32. The van der Waals surface area contributed by atoms with Gasteiger partial charge in [0.15, 0.2) is 0 Å². The first-order valence-corrected chi connectivity index (χ1v) is 8.87. The molecule has 0 atom stereocenters. The minimum absolute atomic E-state index is 0.933. The molecular weight excluding hydrogens is 316 g/mol. The Morgan fingerprint density at radius 3 is 1.58 bits per heavy atom. The van der Waals surface area contributed by atoms with Crippen molar-refractivity contribution >= 4 is 21.9 Å². The smallest absolute Gasteiger partial charge is 0.136 e. The second-order valence-corrected chi connectivity index (χ2v) is 6.76. The molecule has 0 radical (unpaired) electrons. The molecule has 26 heavy (non-hydrogen) atoms. The Bertz CT molecular complexity index is 1210. The van der Waals surface area contributed by atoms with Gasteiger partial charge in [0.05, 0.1) is 0 Å². The molecule has 0 aliphatic rings. The van der Waals surface area contributed by atoms with Gasteiger partial charge in [0.2, 0.25) is 0 Å². The van der Waals surface area contributed by atoms with Crippen molar-refractivity contribution in [3.63, 3.8) is 0 Å². The molecule has 0 fully saturated rings. The first-order chi connectivity index (χ1) is 12.8. The molecule has 1 nitrogen and oxygen atoms in total. The molecule has 0 N–H and O–H groups in total. The zero-order valence-corrected chi connectivity index (χ0v) is 14.6. The Labute approximate surface area is 152 Å². The number of aryl methyl sites for hydroxylation is 1. The third-order valence-electron chi connectivity index (χ3n) is 4.97. The number of fused-ring (bicyclic) bond motifs is 3. The Morgan fingerprint density at radius 2 is 1.00 bits per heavy atom. The number of hydrogen-bond donors (Lipinski definition) is 0. The van der Waals surface area contributed by atoms with Gasteiger partial charge in [-0.2, -0.15) is 0 Å². The predicted octanol–water partition coefficient (Wildman–Crippen LogP) is 7.23. The van der Waals surface area contributed by atoms with Crippen molar-refractivity contribution in [3.8, 4) is 22.3 Å². The number of benzene rings is 4. The maximum Gasteiger partial charge on any atom is 0.136 e. The van der Waals surface area contributed by atoms with E-state index in [0.717, 1.165) is 21.9 Å². The van der Waals surface area contributed by atoms with Gasteiger partial charge in [0, 0.05) is 10.8 Å². The zero-order chi connectivity index (χ0) is 17.5. The second-order valence-electron chi connectivity index (χ2n) is 6.76. The molecular formula is C25H18O. The van der Waals surface area contributed by atoms with Crippen LogP contribution in [0.2, 0.25) is 0 Å². The van der Waals surface area contributed by atoms with E-state index in [9.17, 15) is 0 Å². The van der Waals surface area contributed by atoms with Gasteiger partial charge in [-0.1, -0.05) is 72.3 Å². The van der Waals surface area contributed by atoms with Crippen molar-refractivity contribution in [2.45, 2.75) is 6.92 Å². The maximum atomic E-state index is 6.20. The van der Waals surface area contributed by atoms with E-state index in [4.69, 9.17) is 4.42 Å². The summed E-state index contributed by atoms with van der Waals surface area (Å²) < 4.78 is 6.20. The molecule has 5 rings (SSSR count). The summed E-state index contributed by atoms with van der Waals surface area (Å²) in [6.45, 7) is 2.11. The van der Waals surface area contributed by atoms with Gasteiger partial charge in [-0.05, 0) is 53.4 Å². The summed E-state index contributed by atoms with van der Waals surface area (Å²) in [6, 6.07) is 32.0. The van der Waals surface area contributed by atoms with Gasteiger partial charge in [-0.3, -0.25) is 0 Å². The van der Waals surface area contributed by atoms with Gasteiger partial charge < -0.3 is 4.42 Å². The average Bonchev–Trinajstić information content (AvgIpc) is 3.06. The topological polar surface area (TPSA) is 13.1 Å². The minimum Gasteiger partial charge on any atom is -0.456 e. The highest BCUT2D eigenvalue weighted by Gasteiger charge is 2.10. The molecule has 1 heterocycles. The van der Waals surface area contributed by atoms with E-state index in [1.807, 2.05) is 6.07 Å². The minimum atomic E-state index is 0.933. The van der Waals surface area contributed by atoms with Crippen LogP contribution in [0.15, 0.2) is 95.4 Å². The third kappa shape index (κ3) is 2.49. The largest absolute Gasteiger partial charge is 0.456 e. The molecule has 0 aliphatic carbocycles. The van der Waals surface area contributed by atoms with Crippen LogP contribution < -0.4 is 0 Å². The van der Waals surface area contributed by atoms with Crippen LogP contribution in [-0.4, -0.2) is 0 Å². The molecule has 0 saturated heterocycles. The first-order valence-electron chi connectivity index (χ1n) is 8.87. The highest BCUT2D eigenvalue weighted by Crippen LogP contribution is 2.34. The predicted molar refractivity (Wildman–Crippen MR) is 109 cm³/mol. The number of furan rings is 1. The lowest BCUT2D eigenvalue weighted by molar-refractivity contribution is 0.669. The summed E-state index contributed by atoms with van der Waals surface area (Å²) in [5.74, 6) is 0. The van der Waals surface area contributed by atoms with Gasteiger partial charge in [0.25, 0.3) is 0 Å². The van der Waals surface area contributed by atoms with Crippen LogP contribution in [0.3, 0.4) is 0 Å². The fraction of sp³-hybridized carbons (Fsp3) is 0.0400. The van der Waals surface area contributed by atoms with Crippen molar-refractivity contribution in [1.29, 1.82) is 0 Å². The molecule has 0 bridgehead atoms. The standard InChI is InChI=1S/C25H18O/c1-17-7-9-19(10-8-17)21-12-14-23-22-13-11-20(18-5-3-2-4-6-18)15-24(22)26-25(23)16-21/h2-16H,1H3. The van der Waals surface area contributed by atoms with Gasteiger partial charge in [0.1, 0.15) is 11.2 Å². The summed E-state index contributed by atoms with van der Waals surface area (Å²) in [4.78, 5) is 0. The van der Waals surface area contributed by atoms with Crippen LogP contribution in [-0.2, 0) is 0 Å². The molecule has 0 unspecified atom stereocenters. The van der Waals surface area contributed by atoms with Crippen LogP contribution in [0.25, 0.3) is 44.2 Å². The molecule has 5 aromatic rings. The normalized spacial score (nSPS) is 11.3. The van der Waals surface area contributed by atoms with Gasteiger partial charge >= 0.3 is 0 Å². The van der Waals surface area contributed by atoms with Gasteiger partial charge in [-0.25, -0.2) is 0 Å². The summed E-state index contributed by atoms with van der Waals surface area (Å²) in [5.41, 5.74) is 7.91. The summed E-state index contributed by atoms with van der Waals surface area (Å²) in [6.07, 6.45) is 0. The maximum absolute atomic E-state index is 6.20. The summed E-state index contributed by atoms with van der Waals surface area (Å²) in [7, 11) is 0. The first kappa shape index (κ1) is 15.0. The molecule has 0 aliphatic heterocycles. The van der Waals surface area contributed by atoms with E-state index < -0.39 is 0 Å². The van der Waals surface area contributed by atoms with E-state index in [2.05, 4.69) is 91.9 Å². The third-order valence-corrected chi connectivity index (χ3v) is 4.97. The Kier molecular flexibility index (Phi) is 3.39. The van der Waals surface area contributed by atoms with Crippen LogP contribution in [0.5, 0.6) is 0 Å². The average molecular weight is 334 g/mol. The molecule has 124 valence electrons. The highest BCUT2D eigenvalue weighted by molar-refractivity contribution is 6.06. The molecule has 0 spiro atoms. The van der Waals surface area contributed by atoms with Crippen molar-refractivity contribution < 1.29 is 4.42 Å². The van der Waals surface area contributed by atoms with Crippen LogP contribution >= 0.6 is 0 Å². The van der Waals surface area contributed by atoms with E-state index in [-0.39, 0.29) is 0 Å². The quantitative estimate of drug-likeness (QED) is 0.332. The number of rotatable bonds is 2. The lowest BCUT2D eigenvalue weighted by Gasteiger charge is -2.02. The lowest BCUT2D eigenvalue weighted by atomic mass is 10.0. The SMILES string of the molecule is Cc1ccc(-c2ccc3c(c2)oc2cc(-c4ccccc4)ccc23)cc1. The molecule has 4 aromatic carbocycles. The summed E-state index contributed by atoms with van der Waals surface area (Å²) >= 11 is 0. The van der Waals surface area contributed by atoms with Gasteiger partial charge in [-0.15, -0.1) is 0 Å². The molecule has 0 saturated carbocycles. The second kappa shape index (κ2) is 5.89. The van der Waals surface area contributed by atoms with E-state index >= 15 is 0 Å². The van der Waals surface area contributed by atoms with E-state index in [0.29, 0.717) is 0 Å². The van der Waals surface area contributed by atoms with Crippen LogP contribution in [0, 0.1) is 6.92 Å². The monoisotopic (exact) mass is 334 g/mol. The zero-order valence-electron chi connectivity index (χ0n) is 14.6. The number of hydrogen-bond acceptors (Lipinski definition) is 1. The van der Waals surface area contributed by atoms with Crippen molar-refractivity contribution in [2.24, 2.45) is 0 Å². The Balaban J connectivity index is 1.65. The molecule has 1 heteroatoms. The van der Waals surface area contributed by atoms with Crippen LogP contribution in [0.1, 0.15) is 5.56 Å². The molecule has 0 amide bonds. The van der Waals surface area contributed by atoms with Crippen LogP contribution in [0.4, 0.5) is 0 Å². The fourth-order valence-electron chi connectivity index (χ4n) is 3.51. The molecule has 1 aromatic heterocycles. The van der Waals surface area contributed by atoms with Crippen molar-refractivity contribution in [1.82, 2.24) is 0 Å². The van der Waals surface area contributed by atoms with E-state index in [1.54, 1.807) is 0 Å². The van der Waals surface area contributed by atoms with Crippen molar-refractivity contribution in [2.75, 3.05) is 0 Å². The Hall–Kier alpha value is -3.32. The Morgan fingerprint density at radius 1 is 0.500 bits per heavy atom.